The summed E-state index contributed by atoms with van der Waals surface area (Å²) in [4.78, 5) is 3.84. The lowest BCUT2D eigenvalue weighted by Crippen LogP contribution is -2.29. The molecular formula is C10H14BrN3O2S. The number of anilines is 1. The number of aromatic nitrogens is 1. The normalized spacial score (nSPS) is 22.4. The van der Waals surface area contributed by atoms with Gasteiger partial charge in [0.15, 0.2) is 0 Å². The van der Waals surface area contributed by atoms with Crippen molar-refractivity contribution in [1.82, 2.24) is 9.71 Å². The Kier molecular flexibility index (Phi) is 2.95. The van der Waals surface area contributed by atoms with Gasteiger partial charge >= 0.3 is 0 Å². The van der Waals surface area contributed by atoms with Crippen LogP contribution < -0.4 is 10.5 Å². The Balaban J connectivity index is 2.29. The van der Waals surface area contributed by atoms with Crippen molar-refractivity contribution >= 4 is 31.8 Å². The molecule has 3 N–H and O–H groups in total. The molecule has 1 aliphatic rings. The summed E-state index contributed by atoms with van der Waals surface area (Å²) in [6.45, 7) is 4.03. The second-order valence-electron chi connectivity index (χ2n) is 4.90. The molecule has 1 atom stereocenters. The highest BCUT2D eigenvalue weighted by atomic mass is 79.9. The van der Waals surface area contributed by atoms with Crippen molar-refractivity contribution in [1.29, 1.82) is 0 Å². The number of halogens is 1. The highest BCUT2D eigenvalue weighted by Crippen LogP contribution is 2.45. The molecule has 17 heavy (non-hydrogen) atoms. The van der Waals surface area contributed by atoms with E-state index in [1.54, 1.807) is 0 Å². The quantitative estimate of drug-likeness (QED) is 0.884. The van der Waals surface area contributed by atoms with Gasteiger partial charge in [0.1, 0.15) is 10.7 Å². The third kappa shape index (κ3) is 2.61. The van der Waals surface area contributed by atoms with Crippen LogP contribution in [0.25, 0.3) is 0 Å². The molecule has 1 unspecified atom stereocenters. The van der Waals surface area contributed by atoms with E-state index < -0.39 is 10.0 Å². The summed E-state index contributed by atoms with van der Waals surface area (Å²) in [5.41, 5.74) is 5.62. The molecule has 0 bridgehead atoms. The first-order valence-electron chi connectivity index (χ1n) is 5.16. The fourth-order valence-corrected chi connectivity index (χ4v) is 3.56. The van der Waals surface area contributed by atoms with Gasteiger partial charge in [-0.1, -0.05) is 13.8 Å². The van der Waals surface area contributed by atoms with Crippen molar-refractivity contribution in [2.75, 3.05) is 5.73 Å². The van der Waals surface area contributed by atoms with Crippen LogP contribution in [-0.4, -0.2) is 19.4 Å². The zero-order valence-corrected chi connectivity index (χ0v) is 12.0. The largest absolute Gasteiger partial charge is 0.383 e. The SMILES string of the molecule is CC1(C)CC1NS(=O)(=O)c1cc(Br)cnc1N. The predicted octanol–water partition coefficient (Wildman–Crippen LogP) is 1.50. The Morgan fingerprint density at radius 1 is 1.59 bits per heavy atom. The van der Waals surface area contributed by atoms with Gasteiger partial charge in [0.2, 0.25) is 10.0 Å². The van der Waals surface area contributed by atoms with Crippen molar-refractivity contribution in [2.24, 2.45) is 5.41 Å². The number of nitrogens with two attached hydrogens (primary N) is 1. The van der Waals surface area contributed by atoms with E-state index in [-0.39, 0.29) is 22.2 Å². The zero-order valence-electron chi connectivity index (χ0n) is 9.57. The zero-order chi connectivity index (χ0) is 12.8. The maximum atomic E-state index is 12.1. The minimum atomic E-state index is -3.59. The first kappa shape index (κ1) is 12.8. The fraction of sp³-hybridized carbons (Fsp3) is 0.500. The van der Waals surface area contributed by atoms with E-state index in [0.717, 1.165) is 6.42 Å². The lowest BCUT2D eigenvalue weighted by molar-refractivity contribution is 0.555. The van der Waals surface area contributed by atoms with Crippen LogP contribution in [0.15, 0.2) is 21.6 Å². The molecule has 1 aromatic rings. The van der Waals surface area contributed by atoms with Gasteiger partial charge in [-0.25, -0.2) is 18.1 Å². The minimum absolute atomic E-state index is 0.0131. The number of nitrogens with one attached hydrogen (secondary N) is 1. The third-order valence-electron chi connectivity index (χ3n) is 2.95. The monoisotopic (exact) mass is 319 g/mol. The molecule has 0 amide bonds. The van der Waals surface area contributed by atoms with Crippen molar-refractivity contribution < 1.29 is 8.42 Å². The van der Waals surface area contributed by atoms with Gasteiger partial charge in [0.25, 0.3) is 0 Å². The number of rotatable bonds is 3. The van der Waals surface area contributed by atoms with Gasteiger partial charge in [-0.3, -0.25) is 0 Å². The molecule has 0 spiro atoms. The molecule has 1 fully saturated rings. The maximum absolute atomic E-state index is 12.1. The number of hydrogen-bond acceptors (Lipinski definition) is 4. The van der Waals surface area contributed by atoms with Crippen LogP contribution in [-0.2, 0) is 10.0 Å². The second-order valence-corrected chi connectivity index (χ2v) is 7.50. The second kappa shape index (κ2) is 3.93. The standard InChI is InChI=1S/C10H14BrN3O2S/c1-10(2)4-8(10)14-17(15,16)7-3-6(11)5-13-9(7)12/h3,5,8,14H,4H2,1-2H3,(H2,12,13). The highest BCUT2D eigenvalue weighted by molar-refractivity contribution is 9.10. The summed E-state index contributed by atoms with van der Waals surface area (Å²) in [6, 6.07) is 1.44. The van der Waals surface area contributed by atoms with Crippen LogP contribution in [0.4, 0.5) is 5.82 Å². The van der Waals surface area contributed by atoms with Crippen molar-refractivity contribution in [3.63, 3.8) is 0 Å². The first-order valence-corrected chi connectivity index (χ1v) is 7.43. The minimum Gasteiger partial charge on any atom is -0.383 e. The molecule has 2 rings (SSSR count). The number of sulfonamides is 1. The average molecular weight is 320 g/mol. The van der Waals surface area contributed by atoms with Crippen LogP contribution in [0.1, 0.15) is 20.3 Å². The number of pyridine rings is 1. The van der Waals surface area contributed by atoms with Crippen LogP contribution in [0.5, 0.6) is 0 Å². The Bertz CT molecular complexity index is 557. The maximum Gasteiger partial charge on any atom is 0.244 e. The number of nitrogen functional groups attached to an aromatic ring is 1. The molecule has 0 radical (unpaired) electrons. The van der Waals surface area contributed by atoms with E-state index in [4.69, 9.17) is 5.73 Å². The van der Waals surface area contributed by atoms with Gasteiger partial charge in [0.05, 0.1) is 0 Å². The molecular weight excluding hydrogens is 306 g/mol. The molecule has 1 aliphatic carbocycles. The van der Waals surface area contributed by atoms with E-state index in [1.165, 1.54) is 12.3 Å². The summed E-state index contributed by atoms with van der Waals surface area (Å²) in [5, 5.41) is 0. The summed E-state index contributed by atoms with van der Waals surface area (Å²) >= 11 is 3.18. The van der Waals surface area contributed by atoms with Crippen LogP contribution in [0.2, 0.25) is 0 Å². The van der Waals surface area contributed by atoms with Crippen molar-refractivity contribution in [2.45, 2.75) is 31.2 Å². The summed E-state index contributed by atoms with van der Waals surface area (Å²) in [6.07, 6.45) is 2.31. The van der Waals surface area contributed by atoms with E-state index >= 15 is 0 Å². The van der Waals surface area contributed by atoms with Gasteiger partial charge < -0.3 is 5.73 Å². The third-order valence-corrected chi connectivity index (χ3v) is 4.88. The average Bonchev–Trinajstić information content (AvgIpc) is 2.76. The smallest absolute Gasteiger partial charge is 0.244 e. The molecule has 5 nitrogen and oxygen atoms in total. The van der Waals surface area contributed by atoms with Crippen molar-refractivity contribution in [3.8, 4) is 0 Å². The van der Waals surface area contributed by atoms with E-state index in [1.807, 2.05) is 13.8 Å². The van der Waals surface area contributed by atoms with E-state index in [9.17, 15) is 8.42 Å². The van der Waals surface area contributed by atoms with E-state index in [2.05, 4.69) is 25.6 Å². The predicted molar refractivity (Wildman–Crippen MR) is 68.9 cm³/mol. The molecule has 1 heterocycles. The Labute approximate surface area is 109 Å². The molecule has 0 saturated heterocycles. The highest BCUT2D eigenvalue weighted by Gasteiger charge is 2.48. The topological polar surface area (TPSA) is 85.1 Å². The summed E-state index contributed by atoms with van der Waals surface area (Å²) in [7, 11) is -3.59. The van der Waals surface area contributed by atoms with Gasteiger partial charge in [-0.15, -0.1) is 0 Å². The van der Waals surface area contributed by atoms with Crippen LogP contribution >= 0.6 is 15.9 Å². The van der Waals surface area contributed by atoms with Crippen molar-refractivity contribution in [3.05, 3.63) is 16.7 Å². The molecule has 94 valence electrons. The molecule has 0 aliphatic heterocycles. The van der Waals surface area contributed by atoms with E-state index in [0.29, 0.717) is 4.47 Å². The summed E-state index contributed by atoms with van der Waals surface area (Å²) in [5.74, 6) is 0.0131. The molecule has 0 aromatic carbocycles. The van der Waals surface area contributed by atoms with Gasteiger partial charge in [0, 0.05) is 16.7 Å². The number of nitrogens with zero attached hydrogens (tertiary/aromatic N) is 1. The lowest BCUT2D eigenvalue weighted by atomic mass is 10.2. The Morgan fingerprint density at radius 2 is 2.18 bits per heavy atom. The number of hydrogen-bond donors (Lipinski definition) is 2. The molecule has 1 saturated carbocycles. The van der Waals surface area contributed by atoms with Crippen LogP contribution in [0, 0.1) is 5.41 Å². The van der Waals surface area contributed by atoms with Gasteiger partial charge in [-0.05, 0) is 33.8 Å². The molecule has 1 aromatic heterocycles. The molecule has 7 heteroatoms. The first-order chi connectivity index (χ1) is 7.72. The fourth-order valence-electron chi connectivity index (χ4n) is 1.57. The summed E-state index contributed by atoms with van der Waals surface area (Å²) < 4.78 is 27.4. The van der Waals surface area contributed by atoms with Crippen LogP contribution in [0.3, 0.4) is 0 Å². The Hall–Kier alpha value is -0.660. The lowest BCUT2D eigenvalue weighted by Gasteiger charge is -2.09. The Morgan fingerprint density at radius 3 is 2.71 bits per heavy atom. The van der Waals surface area contributed by atoms with Gasteiger partial charge in [-0.2, -0.15) is 0 Å².